The average molecular weight is 332 g/mol. The molecule has 2 N–H and O–H groups in total. The largest absolute Gasteiger partial charge is 0.389 e. The van der Waals surface area contributed by atoms with Crippen LogP contribution >= 0.6 is 0 Å². The highest BCUT2D eigenvalue weighted by Crippen LogP contribution is 2.20. The molecule has 0 radical (unpaired) electrons. The molecule has 1 aliphatic heterocycles. The molecule has 8 heteroatoms. The second kappa shape index (κ2) is 7.41. The molecule has 128 valence electrons. The maximum atomic E-state index is 12.3. The predicted octanol–water partition coefficient (Wildman–Crippen LogP) is 1.52. The first-order valence-corrected chi connectivity index (χ1v) is 7.90. The minimum absolute atomic E-state index is 0.252. The Kier molecular flexibility index (Phi) is 5.07. The average Bonchev–Trinajstić information content (AvgIpc) is 2.97. The van der Waals surface area contributed by atoms with Crippen LogP contribution in [0.15, 0.2) is 28.8 Å². The number of nitrogens with zero attached hydrogens (tertiary/aromatic N) is 3. The molecule has 2 amide bonds. The first-order valence-electron chi connectivity index (χ1n) is 7.90. The fourth-order valence-electron chi connectivity index (χ4n) is 2.39. The minimum Gasteiger partial charge on any atom is -0.389 e. The molecule has 2 heterocycles. The molecule has 0 spiro atoms. The number of aromatic nitrogens is 2. The van der Waals surface area contributed by atoms with Gasteiger partial charge in [-0.25, -0.2) is 4.79 Å². The van der Waals surface area contributed by atoms with Gasteiger partial charge in [-0.3, -0.25) is 0 Å². The molecule has 2 aromatic rings. The molecule has 1 atom stereocenters. The summed E-state index contributed by atoms with van der Waals surface area (Å²) in [5, 5.41) is 16.4. The van der Waals surface area contributed by atoms with E-state index in [9.17, 15) is 9.90 Å². The van der Waals surface area contributed by atoms with Crippen LogP contribution < -0.4 is 5.32 Å². The second-order valence-electron chi connectivity index (χ2n) is 5.55. The van der Waals surface area contributed by atoms with Gasteiger partial charge in [0.25, 0.3) is 5.89 Å². The molecule has 1 unspecified atom stereocenters. The lowest BCUT2D eigenvalue weighted by Crippen LogP contribution is -2.40. The van der Waals surface area contributed by atoms with Crippen molar-refractivity contribution in [3.63, 3.8) is 0 Å². The van der Waals surface area contributed by atoms with Gasteiger partial charge in [0.1, 0.15) is 0 Å². The number of amides is 2. The topological polar surface area (TPSA) is 101 Å². The fourth-order valence-corrected chi connectivity index (χ4v) is 2.39. The molecule has 1 fully saturated rings. The zero-order chi connectivity index (χ0) is 16.9. The molecule has 0 bridgehead atoms. The molecule has 24 heavy (non-hydrogen) atoms. The van der Waals surface area contributed by atoms with E-state index in [4.69, 9.17) is 9.26 Å². The number of anilines is 1. The van der Waals surface area contributed by atoms with E-state index in [-0.39, 0.29) is 19.2 Å². The molecule has 3 rings (SSSR count). The van der Waals surface area contributed by atoms with Gasteiger partial charge in [0.05, 0.1) is 25.9 Å². The molecule has 8 nitrogen and oxygen atoms in total. The number of carbonyl (C=O) groups excluding carboxylic acids is 1. The molecule has 0 aliphatic carbocycles. The summed E-state index contributed by atoms with van der Waals surface area (Å²) in [6, 6.07) is 6.89. The third-order valence-electron chi connectivity index (χ3n) is 3.70. The Morgan fingerprint density at radius 1 is 1.42 bits per heavy atom. The number of urea groups is 1. The molecule has 1 saturated heterocycles. The first-order chi connectivity index (χ1) is 11.7. The van der Waals surface area contributed by atoms with Crippen molar-refractivity contribution in [2.75, 3.05) is 31.6 Å². The molecular formula is C16H20N4O4. The second-order valence-corrected chi connectivity index (χ2v) is 5.55. The number of nitrogens with one attached hydrogen (secondary N) is 1. The van der Waals surface area contributed by atoms with E-state index in [1.807, 2.05) is 19.1 Å². The number of ether oxygens (including phenoxy) is 1. The fraction of sp³-hybridized carbons (Fsp3) is 0.438. The zero-order valence-electron chi connectivity index (χ0n) is 13.4. The lowest BCUT2D eigenvalue weighted by molar-refractivity contribution is 0.0575. The van der Waals surface area contributed by atoms with Crippen molar-refractivity contribution in [3.05, 3.63) is 30.1 Å². The summed E-state index contributed by atoms with van der Waals surface area (Å²) >= 11 is 0. The number of aliphatic hydroxyl groups excluding tert-OH is 1. The number of hydrogen-bond acceptors (Lipinski definition) is 6. The summed E-state index contributed by atoms with van der Waals surface area (Å²) < 4.78 is 10.4. The van der Waals surface area contributed by atoms with Crippen LogP contribution in [0.25, 0.3) is 11.5 Å². The lowest BCUT2D eigenvalue weighted by atomic mass is 10.2. The van der Waals surface area contributed by atoms with E-state index < -0.39 is 6.10 Å². The van der Waals surface area contributed by atoms with Gasteiger partial charge in [0.15, 0.2) is 5.82 Å². The highest BCUT2D eigenvalue weighted by molar-refractivity contribution is 5.89. The van der Waals surface area contributed by atoms with Gasteiger partial charge < -0.3 is 24.6 Å². The Morgan fingerprint density at radius 3 is 2.92 bits per heavy atom. The van der Waals surface area contributed by atoms with Gasteiger partial charge in [-0.1, -0.05) is 12.1 Å². The van der Waals surface area contributed by atoms with Crippen LogP contribution in [0.1, 0.15) is 12.7 Å². The predicted molar refractivity (Wildman–Crippen MR) is 86.5 cm³/mol. The summed E-state index contributed by atoms with van der Waals surface area (Å²) in [6.45, 7) is 3.33. The number of hydrogen-bond donors (Lipinski definition) is 2. The van der Waals surface area contributed by atoms with Crippen molar-refractivity contribution in [1.82, 2.24) is 15.0 Å². The van der Waals surface area contributed by atoms with Crippen LogP contribution in [0.3, 0.4) is 0 Å². The molecule has 0 saturated carbocycles. The molecule has 1 aliphatic rings. The van der Waals surface area contributed by atoms with Gasteiger partial charge >= 0.3 is 6.03 Å². The smallest absolute Gasteiger partial charge is 0.322 e. The van der Waals surface area contributed by atoms with Crippen molar-refractivity contribution in [2.24, 2.45) is 0 Å². The van der Waals surface area contributed by atoms with Crippen molar-refractivity contribution >= 4 is 11.7 Å². The van der Waals surface area contributed by atoms with Gasteiger partial charge in [-0.2, -0.15) is 4.98 Å². The van der Waals surface area contributed by atoms with Crippen LogP contribution in [-0.4, -0.2) is 58.6 Å². The Morgan fingerprint density at radius 2 is 2.21 bits per heavy atom. The molecular weight excluding hydrogens is 312 g/mol. The van der Waals surface area contributed by atoms with E-state index in [0.29, 0.717) is 37.0 Å². The molecule has 1 aromatic carbocycles. The quantitative estimate of drug-likeness (QED) is 0.884. The van der Waals surface area contributed by atoms with Crippen molar-refractivity contribution < 1.29 is 19.2 Å². The van der Waals surface area contributed by atoms with Crippen molar-refractivity contribution in [3.8, 4) is 11.5 Å². The Hall–Kier alpha value is -2.45. The SMILES string of the molecule is CCc1noc(-c2ccc(NC(=O)N3CCOCC(O)C3)cc2)n1. The molecule has 1 aromatic heterocycles. The van der Waals surface area contributed by atoms with Crippen LogP contribution in [0.2, 0.25) is 0 Å². The lowest BCUT2D eigenvalue weighted by Gasteiger charge is -2.21. The summed E-state index contributed by atoms with van der Waals surface area (Å²) in [6.07, 6.45) is 0.0502. The van der Waals surface area contributed by atoms with E-state index >= 15 is 0 Å². The number of β-amino-alcohol motifs (C(OH)–C–C–N with tert-alkyl or cyclic N) is 1. The van der Waals surface area contributed by atoms with Crippen LogP contribution in [0.5, 0.6) is 0 Å². The Bertz CT molecular complexity index is 686. The summed E-state index contributed by atoms with van der Waals surface area (Å²) in [5.41, 5.74) is 1.44. The summed E-state index contributed by atoms with van der Waals surface area (Å²) in [5.74, 6) is 1.11. The number of carbonyl (C=O) groups is 1. The van der Waals surface area contributed by atoms with Gasteiger partial charge in [0, 0.05) is 24.2 Å². The zero-order valence-corrected chi connectivity index (χ0v) is 13.4. The van der Waals surface area contributed by atoms with E-state index in [1.54, 1.807) is 12.1 Å². The van der Waals surface area contributed by atoms with Crippen LogP contribution in [-0.2, 0) is 11.2 Å². The van der Waals surface area contributed by atoms with E-state index in [2.05, 4.69) is 15.5 Å². The maximum absolute atomic E-state index is 12.3. The third kappa shape index (κ3) is 3.90. The Balaban J connectivity index is 1.64. The minimum atomic E-state index is -0.661. The number of aryl methyl sites for hydroxylation is 1. The van der Waals surface area contributed by atoms with Crippen LogP contribution in [0.4, 0.5) is 10.5 Å². The first kappa shape index (κ1) is 16.4. The number of rotatable bonds is 3. The van der Waals surface area contributed by atoms with Crippen molar-refractivity contribution in [2.45, 2.75) is 19.4 Å². The maximum Gasteiger partial charge on any atom is 0.322 e. The highest BCUT2D eigenvalue weighted by atomic mass is 16.5. The van der Waals surface area contributed by atoms with Crippen LogP contribution in [0, 0.1) is 0 Å². The van der Waals surface area contributed by atoms with Gasteiger partial charge in [-0.15, -0.1) is 0 Å². The van der Waals surface area contributed by atoms with Gasteiger partial charge in [0.2, 0.25) is 0 Å². The standard InChI is InChI=1S/C16H20N4O4/c1-2-14-18-15(24-19-14)11-3-5-12(6-4-11)17-16(22)20-7-8-23-10-13(21)9-20/h3-6,13,21H,2,7-10H2,1H3,(H,17,22). The third-order valence-corrected chi connectivity index (χ3v) is 3.70. The van der Waals surface area contributed by atoms with E-state index in [1.165, 1.54) is 4.90 Å². The number of aliphatic hydroxyl groups is 1. The van der Waals surface area contributed by atoms with Gasteiger partial charge in [-0.05, 0) is 24.3 Å². The summed E-state index contributed by atoms with van der Waals surface area (Å²) in [7, 11) is 0. The Labute approximate surface area is 139 Å². The number of benzene rings is 1. The summed E-state index contributed by atoms with van der Waals surface area (Å²) in [4.78, 5) is 18.1. The monoisotopic (exact) mass is 332 g/mol. The van der Waals surface area contributed by atoms with E-state index in [0.717, 1.165) is 5.56 Å². The normalized spacial score (nSPS) is 18.2. The highest BCUT2D eigenvalue weighted by Gasteiger charge is 2.21. The van der Waals surface area contributed by atoms with Crippen molar-refractivity contribution in [1.29, 1.82) is 0 Å².